The molecule has 0 aromatic heterocycles. The molecule has 0 spiro atoms. The van der Waals surface area contributed by atoms with Crippen LogP contribution in [0.4, 0.5) is 0 Å². The van der Waals surface area contributed by atoms with Crippen molar-refractivity contribution in [3.8, 4) is 0 Å². The van der Waals surface area contributed by atoms with Gasteiger partial charge in [-0.3, -0.25) is 4.90 Å². The lowest BCUT2D eigenvalue weighted by molar-refractivity contribution is -0.0788. The van der Waals surface area contributed by atoms with Crippen molar-refractivity contribution in [2.45, 2.75) is 64.3 Å². The van der Waals surface area contributed by atoms with Gasteiger partial charge in [-0.2, -0.15) is 0 Å². The van der Waals surface area contributed by atoms with Crippen LogP contribution in [0.5, 0.6) is 0 Å². The molecular weight excluding hydrogens is 212 g/mol. The van der Waals surface area contributed by atoms with Crippen molar-refractivity contribution in [1.82, 2.24) is 10.2 Å². The normalized spacial score (nSPS) is 44.8. The molecule has 1 aliphatic carbocycles. The van der Waals surface area contributed by atoms with Crippen LogP contribution >= 0.6 is 0 Å². The Morgan fingerprint density at radius 3 is 2.65 bits per heavy atom. The molecule has 0 amide bonds. The average Bonchev–Trinajstić information content (AvgIpc) is 2.32. The van der Waals surface area contributed by atoms with Crippen LogP contribution < -0.4 is 5.32 Å². The topological polar surface area (TPSA) is 24.5 Å². The molecule has 0 aromatic carbocycles. The summed E-state index contributed by atoms with van der Waals surface area (Å²) in [6.45, 7) is 8.88. The first kappa shape index (κ1) is 13.3. The zero-order valence-electron chi connectivity index (χ0n) is 11.8. The van der Waals surface area contributed by atoms with E-state index in [2.05, 4.69) is 38.0 Å². The summed E-state index contributed by atoms with van der Waals surface area (Å²) in [5, 5.41) is 3.52. The Hall–Kier alpha value is -0.120. The number of nitrogens with one attached hydrogen (secondary N) is 1. The molecule has 3 heteroatoms. The van der Waals surface area contributed by atoms with Crippen molar-refractivity contribution in [3.63, 3.8) is 0 Å². The second-order valence-corrected chi connectivity index (χ2v) is 6.07. The third-order valence-electron chi connectivity index (χ3n) is 4.53. The molecular formula is C14H28N2O. The highest BCUT2D eigenvalue weighted by Gasteiger charge is 2.36. The van der Waals surface area contributed by atoms with Gasteiger partial charge in [0.05, 0.1) is 12.7 Å². The molecule has 1 heterocycles. The van der Waals surface area contributed by atoms with Crippen LogP contribution in [0.25, 0.3) is 0 Å². The van der Waals surface area contributed by atoms with E-state index >= 15 is 0 Å². The maximum absolute atomic E-state index is 5.74. The van der Waals surface area contributed by atoms with Crippen molar-refractivity contribution < 1.29 is 4.74 Å². The monoisotopic (exact) mass is 240 g/mol. The van der Waals surface area contributed by atoms with Gasteiger partial charge in [0.2, 0.25) is 0 Å². The Kier molecular flexibility index (Phi) is 4.45. The maximum atomic E-state index is 5.74. The van der Waals surface area contributed by atoms with E-state index in [4.69, 9.17) is 4.74 Å². The molecule has 0 aromatic rings. The molecule has 1 saturated heterocycles. The minimum atomic E-state index is 0.390. The summed E-state index contributed by atoms with van der Waals surface area (Å²) in [7, 11) is 2.11. The Bertz CT molecular complexity index is 246. The number of morpholine rings is 1. The Morgan fingerprint density at radius 2 is 1.94 bits per heavy atom. The van der Waals surface area contributed by atoms with Crippen molar-refractivity contribution in [2.24, 2.45) is 5.92 Å². The summed E-state index contributed by atoms with van der Waals surface area (Å²) in [4.78, 5) is 2.69. The number of likely N-dealkylation sites (N-methyl/N-ethyl adjacent to an activating group) is 1. The van der Waals surface area contributed by atoms with Crippen molar-refractivity contribution in [3.05, 3.63) is 0 Å². The smallest absolute Gasteiger partial charge is 0.0674 e. The van der Waals surface area contributed by atoms with E-state index in [0.717, 1.165) is 19.1 Å². The number of hydrogen-bond acceptors (Lipinski definition) is 3. The quantitative estimate of drug-likeness (QED) is 0.797. The first-order valence-electron chi connectivity index (χ1n) is 7.16. The van der Waals surface area contributed by atoms with Crippen LogP contribution in [0.1, 0.15) is 40.0 Å². The van der Waals surface area contributed by atoms with Crippen LogP contribution in [0.2, 0.25) is 0 Å². The van der Waals surface area contributed by atoms with Crippen molar-refractivity contribution >= 4 is 0 Å². The third kappa shape index (κ3) is 3.01. The Labute approximate surface area is 106 Å². The molecule has 1 N–H and O–H groups in total. The van der Waals surface area contributed by atoms with Gasteiger partial charge >= 0.3 is 0 Å². The number of nitrogens with zero attached hydrogens (tertiary/aromatic N) is 1. The van der Waals surface area contributed by atoms with E-state index < -0.39 is 0 Å². The molecule has 1 saturated carbocycles. The highest BCUT2D eigenvalue weighted by molar-refractivity contribution is 4.93. The minimum Gasteiger partial charge on any atom is -0.376 e. The zero-order valence-corrected chi connectivity index (χ0v) is 11.8. The van der Waals surface area contributed by atoms with E-state index in [0.29, 0.717) is 24.2 Å². The molecule has 1 aliphatic heterocycles. The van der Waals surface area contributed by atoms with Gasteiger partial charge in [-0.05, 0) is 46.1 Å². The molecule has 5 unspecified atom stereocenters. The van der Waals surface area contributed by atoms with E-state index in [1.807, 2.05) is 0 Å². The van der Waals surface area contributed by atoms with Crippen molar-refractivity contribution in [2.75, 3.05) is 20.2 Å². The van der Waals surface area contributed by atoms with Gasteiger partial charge in [-0.15, -0.1) is 0 Å². The molecule has 5 atom stereocenters. The molecule has 3 nitrogen and oxygen atoms in total. The summed E-state index contributed by atoms with van der Waals surface area (Å²) in [6.07, 6.45) is 4.42. The Morgan fingerprint density at radius 1 is 1.18 bits per heavy atom. The predicted octanol–water partition coefficient (Wildman–Crippen LogP) is 1.87. The summed E-state index contributed by atoms with van der Waals surface area (Å²) >= 11 is 0. The fourth-order valence-electron chi connectivity index (χ4n) is 3.45. The largest absolute Gasteiger partial charge is 0.376 e. The first-order chi connectivity index (χ1) is 8.11. The third-order valence-corrected chi connectivity index (χ3v) is 4.53. The lowest BCUT2D eigenvalue weighted by atomic mass is 9.82. The molecule has 17 heavy (non-hydrogen) atoms. The maximum Gasteiger partial charge on any atom is 0.0674 e. The molecule has 0 bridgehead atoms. The van der Waals surface area contributed by atoms with Gasteiger partial charge in [-0.1, -0.05) is 6.92 Å². The zero-order chi connectivity index (χ0) is 12.4. The standard InChI is InChI=1S/C14H28N2O/c1-10-5-6-13(15-4)14(7-10)16-8-12(3)17-9-11(16)2/h10-15H,5-9H2,1-4H3. The van der Waals surface area contributed by atoms with Crippen LogP contribution in [0, 0.1) is 5.92 Å². The summed E-state index contributed by atoms with van der Waals surface area (Å²) in [5.41, 5.74) is 0. The summed E-state index contributed by atoms with van der Waals surface area (Å²) in [5.74, 6) is 0.870. The molecule has 2 fully saturated rings. The highest BCUT2D eigenvalue weighted by atomic mass is 16.5. The fraction of sp³-hybridized carbons (Fsp3) is 1.00. The van der Waals surface area contributed by atoms with E-state index in [9.17, 15) is 0 Å². The summed E-state index contributed by atoms with van der Waals surface area (Å²) in [6, 6.07) is 1.93. The number of rotatable bonds is 2. The van der Waals surface area contributed by atoms with Crippen LogP contribution in [-0.2, 0) is 4.74 Å². The second-order valence-electron chi connectivity index (χ2n) is 6.07. The van der Waals surface area contributed by atoms with E-state index in [1.54, 1.807) is 0 Å². The molecule has 100 valence electrons. The molecule has 2 aliphatic rings. The Balaban J connectivity index is 2.05. The molecule has 2 rings (SSSR count). The van der Waals surface area contributed by atoms with Gasteiger partial charge in [0, 0.05) is 24.7 Å². The SMILES string of the molecule is CNC1CCC(C)CC1N1CC(C)OCC1C. The van der Waals surface area contributed by atoms with Crippen molar-refractivity contribution in [1.29, 1.82) is 0 Å². The first-order valence-corrected chi connectivity index (χ1v) is 7.16. The number of hydrogen-bond donors (Lipinski definition) is 1. The molecule has 0 radical (unpaired) electrons. The van der Waals surface area contributed by atoms with Crippen LogP contribution in [0.15, 0.2) is 0 Å². The summed E-state index contributed by atoms with van der Waals surface area (Å²) < 4.78 is 5.74. The fourth-order valence-corrected chi connectivity index (χ4v) is 3.45. The van der Waals surface area contributed by atoms with E-state index in [-0.39, 0.29) is 0 Å². The van der Waals surface area contributed by atoms with Gasteiger partial charge in [0.15, 0.2) is 0 Å². The average molecular weight is 240 g/mol. The lowest BCUT2D eigenvalue weighted by Crippen LogP contribution is -2.59. The predicted molar refractivity (Wildman–Crippen MR) is 71.2 cm³/mol. The van der Waals surface area contributed by atoms with Crippen LogP contribution in [0.3, 0.4) is 0 Å². The lowest BCUT2D eigenvalue weighted by Gasteiger charge is -2.47. The van der Waals surface area contributed by atoms with E-state index in [1.165, 1.54) is 19.3 Å². The van der Waals surface area contributed by atoms with Gasteiger partial charge in [0.25, 0.3) is 0 Å². The van der Waals surface area contributed by atoms with Crippen LogP contribution in [-0.4, -0.2) is 49.3 Å². The number of ether oxygens (including phenoxy) is 1. The van der Waals surface area contributed by atoms with Gasteiger partial charge in [0.1, 0.15) is 0 Å². The van der Waals surface area contributed by atoms with Gasteiger partial charge < -0.3 is 10.1 Å². The van der Waals surface area contributed by atoms with Gasteiger partial charge in [-0.25, -0.2) is 0 Å². The highest BCUT2D eigenvalue weighted by Crippen LogP contribution is 2.30. The minimum absolute atomic E-state index is 0.390. The second kappa shape index (κ2) is 5.68.